The summed E-state index contributed by atoms with van der Waals surface area (Å²) in [6, 6.07) is 7.28. The predicted octanol–water partition coefficient (Wildman–Crippen LogP) is 2.37. The normalized spacial score (nSPS) is 10.1. The molecule has 0 spiro atoms. The lowest BCUT2D eigenvalue weighted by molar-refractivity contribution is 0.0967. The van der Waals surface area contributed by atoms with E-state index in [0.717, 1.165) is 16.9 Å². The molecule has 1 heterocycles. The number of amides is 1. The molecule has 4 nitrogen and oxygen atoms in total. The molecule has 1 amide bonds. The zero-order valence-corrected chi connectivity index (χ0v) is 11.0. The molecule has 1 aromatic carbocycles. The average molecular weight is 262 g/mol. The molecule has 0 radical (unpaired) electrons. The number of anilines is 1. The van der Waals surface area contributed by atoms with Crippen molar-refractivity contribution in [2.75, 3.05) is 19.9 Å². The number of benzene rings is 1. The number of rotatable bonds is 3. The number of nitrogens with two attached hydrogens (primary N) is 1. The Labute approximate surface area is 109 Å². The first-order valence-electron chi connectivity index (χ1n) is 5.40. The van der Waals surface area contributed by atoms with Gasteiger partial charge in [0.2, 0.25) is 0 Å². The smallest absolute Gasteiger partial charge is 0.261 e. The van der Waals surface area contributed by atoms with E-state index in [2.05, 4.69) is 5.32 Å². The van der Waals surface area contributed by atoms with Crippen molar-refractivity contribution in [3.8, 4) is 16.9 Å². The fraction of sp³-hybridized carbons (Fsp3) is 0.154. The molecule has 94 valence electrons. The summed E-state index contributed by atoms with van der Waals surface area (Å²) in [4.78, 5) is 12.2. The molecule has 0 unspecified atom stereocenters. The lowest BCUT2D eigenvalue weighted by atomic mass is 10.1. The zero-order valence-electron chi connectivity index (χ0n) is 10.2. The van der Waals surface area contributed by atoms with Gasteiger partial charge in [0.25, 0.3) is 5.91 Å². The first kappa shape index (κ1) is 12.4. The van der Waals surface area contributed by atoms with Crippen LogP contribution in [0.3, 0.4) is 0 Å². The van der Waals surface area contributed by atoms with Gasteiger partial charge < -0.3 is 15.8 Å². The van der Waals surface area contributed by atoms with Crippen molar-refractivity contribution >= 4 is 22.9 Å². The van der Waals surface area contributed by atoms with E-state index in [4.69, 9.17) is 10.5 Å². The summed E-state index contributed by atoms with van der Waals surface area (Å²) in [6.07, 6.45) is 0. The van der Waals surface area contributed by atoms with Gasteiger partial charge in [0.1, 0.15) is 5.75 Å². The fourth-order valence-electron chi connectivity index (χ4n) is 1.67. The highest BCUT2D eigenvalue weighted by Crippen LogP contribution is 2.34. The SMILES string of the molecule is CNC(=O)c1cc(-c2cc(N)ccc2OC)cs1. The van der Waals surface area contributed by atoms with Crippen LogP contribution in [0.5, 0.6) is 5.75 Å². The predicted molar refractivity (Wildman–Crippen MR) is 74.1 cm³/mol. The van der Waals surface area contributed by atoms with E-state index in [1.807, 2.05) is 23.6 Å². The van der Waals surface area contributed by atoms with Crippen LogP contribution in [0.1, 0.15) is 9.67 Å². The van der Waals surface area contributed by atoms with Gasteiger partial charge in [0, 0.05) is 18.3 Å². The van der Waals surface area contributed by atoms with Crippen molar-refractivity contribution < 1.29 is 9.53 Å². The van der Waals surface area contributed by atoms with Gasteiger partial charge in [-0.15, -0.1) is 11.3 Å². The van der Waals surface area contributed by atoms with E-state index in [0.29, 0.717) is 10.6 Å². The lowest BCUT2D eigenvalue weighted by Crippen LogP contribution is -2.15. The highest BCUT2D eigenvalue weighted by atomic mass is 32.1. The Morgan fingerprint density at radius 2 is 2.17 bits per heavy atom. The molecule has 18 heavy (non-hydrogen) atoms. The third-order valence-corrected chi connectivity index (χ3v) is 3.51. The highest BCUT2D eigenvalue weighted by Gasteiger charge is 2.12. The summed E-state index contributed by atoms with van der Waals surface area (Å²) < 4.78 is 5.30. The first-order valence-corrected chi connectivity index (χ1v) is 6.28. The van der Waals surface area contributed by atoms with E-state index in [1.54, 1.807) is 20.2 Å². The summed E-state index contributed by atoms with van der Waals surface area (Å²) >= 11 is 1.39. The second-order valence-electron chi connectivity index (χ2n) is 3.74. The molecule has 0 aliphatic carbocycles. The van der Waals surface area contributed by atoms with E-state index < -0.39 is 0 Å². The number of carbonyl (C=O) groups excluding carboxylic acids is 1. The van der Waals surface area contributed by atoms with E-state index in [9.17, 15) is 4.79 Å². The van der Waals surface area contributed by atoms with Gasteiger partial charge in [-0.2, -0.15) is 0 Å². The minimum atomic E-state index is -0.0888. The van der Waals surface area contributed by atoms with Gasteiger partial charge in [-0.05, 0) is 35.2 Å². The van der Waals surface area contributed by atoms with E-state index in [1.165, 1.54) is 11.3 Å². The van der Waals surface area contributed by atoms with Crippen LogP contribution in [-0.2, 0) is 0 Å². The minimum Gasteiger partial charge on any atom is -0.496 e. The fourth-order valence-corrected chi connectivity index (χ4v) is 2.52. The molecule has 0 saturated heterocycles. The molecule has 0 aliphatic rings. The van der Waals surface area contributed by atoms with Crippen LogP contribution in [0.2, 0.25) is 0 Å². The maximum Gasteiger partial charge on any atom is 0.261 e. The Morgan fingerprint density at radius 1 is 1.39 bits per heavy atom. The largest absolute Gasteiger partial charge is 0.496 e. The summed E-state index contributed by atoms with van der Waals surface area (Å²) in [5.41, 5.74) is 8.27. The second kappa shape index (κ2) is 5.10. The van der Waals surface area contributed by atoms with Crippen LogP contribution >= 0.6 is 11.3 Å². The molecular formula is C13H14N2O2S. The van der Waals surface area contributed by atoms with Crippen LogP contribution in [0.25, 0.3) is 11.1 Å². The molecule has 0 saturated carbocycles. The van der Waals surface area contributed by atoms with Crippen LogP contribution in [0.4, 0.5) is 5.69 Å². The third-order valence-electron chi connectivity index (χ3n) is 2.58. The van der Waals surface area contributed by atoms with Crippen LogP contribution in [-0.4, -0.2) is 20.1 Å². The summed E-state index contributed by atoms with van der Waals surface area (Å²) in [5.74, 6) is 0.652. The number of ether oxygens (including phenoxy) is 1. The summed E-state index contributed by atoms with van der Waals surface area (Å²) in [5, 5.41) is 4.52. The Kier molecular flexibility index (Phi) is 3.53. The van der Waals surface area contributed by atoms with Crippen LogP contribution in [0.15, 0.2) is 29.6 Å². The van der Waals surface area contributed by atoms with Gasteiger partial charge in [-0.25, -0.2) is 0 Å². The Morgan fingerprint density at radius 3 is 2.83 bits per heavy atom. The standard InChI is InChI=1S/C13H14N2O2S/c1-15-13(16)12-5-8(7-18-12)10-6-9(14)3-4-11(10)17-2/h3-7H,14H2,1-2H3,(H,15,16). The van der Waals surface area contributed by atoms with Crippen LogP contribution in [0, 0.1) is 0 Å². The average Bonchev–Trinajstić information content (AvgIpc) is 2.87. The van der Waals surface area contributed by atoms with E-state index in [-0.39, 0.29) is 5.91 Å². The Balaban J connectivity index is 2.45. The lowest BCUT2D eigenvalue weighted by Gasteiger charge is -2.07. The van der Waals surface area contributed by atoms with Crippen molar-refractivity contribution in [1.82, 2.24) is 5.32 Å². The number of nitrogen functional groups attached to an aromatic ring is 1. The molecule has 0 bridgehead atoms. The van der Waals surface area contributed by atoms with E-state index >= 15 is 0 Å². The molecule has 2 aromatic rings. The number of nitrogens with one attached hydrogen (secondary N) is 1. The van der Waals surface area contributed by atoms with Crippen molar-refractivity contribution in [2.45, 2.75) is 0 Å². The number of carbonyl (C=O) groups is 1. The first-order chi connectivity index (χ1) is 8.65. The third kappa shape index (κ3) is 2.31. The molecule has 2 rings (SSSR count). The minimum absolute atomic E-state index is 0.0888. The number of thiophene rings is 1. The monoisotopic (exact) mass is 262 g/mol. The van der Waals surface area contributed by atoms with Crippen LogP contribution < -0.4 is 15.8 Å². The second-order valence-corrected chi connectivity index (χ2v) is 4.65. The van der Waals surface area contributed by atoms with Crippen molar-refractivity contribution in [3.05, 3.63) is 34.5 Å². The molecule has 1 aromatic heterocycles. The number of methoxy groups -OCH3 is 1. The molecular weight excluding hydrogens is 248 g/mol. The Hall–Kier alpha value is -2.01. The quantitative estimate of drug-likeness (QED) is 0.835. The maximum atomic E-state index is 11.5. The number of hydrogen-bond acceptors (Lipinski definition) is 4. The molecule has 3 N–H and O–H groups in total. The molecule has 0 atom stereocenters. The van der Waals surface area contributed by atoms with Gasteiger partial charge in [0.05, 0.1) is 12.0 Å². The van der Waals surface area contributed by atoms with Gasteiger partial charge in [-0.3, -0.25) is 4.79 Å². The molecule has 5 heteroatoms. The molecule has 0 fully saturated rings. The highest BCUT2D eigenvalue weighted by molar-refractivity contribution is 7.12. The Bertz CT molecular complexity index is 578. The molecule has 0 aliphatic heterocycles. The number of hydrogen-bond donors (Lipinski definition) is 2. The van der Waals surface area contributed by atoms with Crippen molar-refractivity contribution in [1.29, 1.82) is 0 Å². The maximum absolute atomic E-state index is 11.5. The van der Waals surface area contributed by atoms with Gasteiger partial charge in [-0.1, -0.05) is 0 Å². The van der Waals surface area contributed by atoms with Gasteiger partial charge >= 0.3 is 0 Å². The van der Waals surface area contributed by atoms with Crippen molar-refractivity contribution in [3.63, 3.8) is 0 Å². The topological polar surface area (TPSA) is 64.4 Å². The summed E-state index contributed by atoms with van der Waals surface area (Å²) in [7, 11) is 3.23. The summed E-state index contributed by atoms with van der Waals surface area (Å²) in [6.45, 7) is 0. The zero-order chi connectivity index (χ0) is 13.1. The van der Waals surface area contributed by atoms with Crippen molar-refractivity contribution in [2.24, 2.45) is 0 Å². The van der Waals surface area contributed by atoms with Gasteiger partial charge in [0.15, 0.2) is 0 Å².